The second-order valence-electron chi connectivity index (χ2n) is 5.55. The number of pyridine rings is 1. The van der Waals surface area contributed by atoms with Gasteiger partial charge in [-0.2, -0.15) is 0 Å². The Morgan fingerprint density at radius 3 is 2.29 bits per heavy atom. The molecule has 5 nitrogen and oxygen atoms in total. The van der Waals surface area contributed by atoms with Crippen molar-refractivity contribution in [2.45, 2.75) is 20.4 Å². The number of amides is 2. The molecule has 0 radical (unpaired) electrons. The number of nitrogens with zero attached hydrogens (tertiary/aromatic N) is 3. The van der Waals surface area contributed by atoms with Crippen molar-refractivity contribution in [2.24, 2.45) is 0 Å². The van der Waals surface area contributed by atoms with Gasteiger partial charge in [0.25, 0.3) is 11.8 Å². The number of hydrogen-bond acceptors (Lipinski definition) is 3. The SMILES string of the molecule is CCN(CC)C(=O)c1ccnc(C(=O)N(C)Cc2ccccc2)c1. The van der Waals surface area contributed by atoms with Gasteiger partial charge in [-0.1, -0.05) is 30.3 Å². The summed E-state index contributed by atoms with van der Waals surface area (Å²) >= 11 is 0. The van der Waals surface area contributed by atoms with E-state index >= 15 is 0 Å². The van der Waals surface area contributed by atoms with Crippen molar-refractivity contribution in [3.05, 3.63) is 65.5 Å². The summed E-state index contributed by atoms with van der Waals surface area (Å²) in [6.45, 7) is 5.63. The third-order valence-corrected chi connectivity index (χ3v) is 3.89. The molecule has 1 aromatic heterocycles. The smallest absolute Gasteiger partial charge is 0.272 e. The maximum absolute atomic E-state index is 12.6. The summed E-state index contributed by atoms with van der Waals surface area (Å²) < 4.78 is 0. The highest BCUT2D eigenvalue weighted by Gasteiger charge is 2.18. The van der Waals surface area contributed by atoms with Gasteiger partial charge in [0.1, 0.15) is 5.69 Å². The Hall–Kier alpha value is -2.69. The monoisotopic (exact) mass is 325 g/mol. The Labute approximate surface area is 142 Å². The number of carbonyl (C=O) groups is 2. The van der Waals surface area contributed by atoms with Crippen molar-refractivity contribution < 1.29 is 9.59 Å². The first-order valence-corrected chi connectivity index (χ1v) is 8.11. The molecule has 5 heteroatoms. The summed E-state index contributed by atoms with van der Waals surface area (Å²) in [6.07, 6.45) is 1.51. The minimum absolute atomic E-state index is 0.0813. The van der Waals surface area contributed by atoms with Crippen molar-refractivity contribution in [3.8, 4) is 0 Å². The number of benzene rings is 1. The van der Waals surface area contributed by atoms with Gasteiger partial charge >= 0.3 is 0 Å². The topological polar surface area (TPSA) is 53.5 Å². The van der Waals surface area contributed by atoms with E-state index in [-0.39, 0.29) is 17.5 Å². The molecular weight excluding hydrogens is 302 g/mol. The van der Waals surface area contributed by atoms with Crippen LogP contribution >= 0.6 is 0 Å². The van der Waals surface area contributed by atoms with Crippen LogP contribution in [0.1, 0.15) is 40.3 Å². The van der Waals surface area contributed by atoms with Gasteiger partial charge in [-0.3, -0.25) is 14.6 Å². The summed E-state index contributed by atoms with van der Waals surface area (Å²) in [4.78, 5) is 32.4. The maximum Gasteiger partial charge on any atom is 0.272 e. The highest BCUT2D eigenvalue weighted by molar-refractivity contribution is 5.98. The van der Waals surface area contributed by atoms with Crippen molar-refractivity contribution in [1.29, 1.82) is 0 Å². The molecule has 0 fully saturated rings. The zero-order valence-corrected chi connectivity index (χ0v) is 14.4. The predicted octanol–water partition coefficient (Wildman–Crippen LogP) is 2.84. The van der Waals surface area contributed by atoms with E-state index in [9.17, 15) is 9.59 Å². The molecule has 126 valence electrons. The first kappa shape index (κ1) is 17.7. The lowest BCUT2D eigenvalue weighted by Crippen LogP contribution is -2.31. The van der Waals surface area contributed by atoms with E-state index in [0.29, 0.717) is 25.2 Å². The van der Waals surface area contributed by atoms with Gasteiger partial charge in [-0.15, -0.1) is 0 Å². The minimum atomic E-state index is -0.201. The molecule has 0 bridgehead atoms. The van der Waals surface area contributed by atoms with Gasteiger partial charge in [0.2, 0.25) is 0 Å². The Morgan fingerprint density at radius 1 is 1.00 bits per heavy atom. The molecule has 0 atom stereocenters. The van der Waals surface area contributed by atoms with Crippen LogP contribution in [-0.2, 0) is 6.54 Å². The maximum atomic E-state index is 12.6. The summed E-state index contributed by atoms with van der Waals surface area (Å²) in [5.41, 5.74) is 1.82. The van der Waals surface area contributed by atoms with E-state index in [4.69, 9.17) is 0 Å². The molecule has 2 aromatic rings. The molecule has 24 heavy (non-hydrogen) atoms. The Bertz CT molecular complexity index is 697. The summed E-state index contributed by atoms with van der Waals surface area (Å²) in [7, 11) is 1.73. The lowest BCUT2D eigenvalue weighted by molar-refractivity contribution is 0.0772. The minimum Gasteiger partial charge on any atom is -0.339 e. The third-order valence-electron chi connectivity index (χ3n) is 3.89. The van der Waals surface area contributed by atoms with Gasteiger partial charge in [-0.05, 0) is 31.5 Å². The first-order valence-electron chi connectivity index (χ1n) is 8.11. The van der Waals surface area contributed by atoms with Crippen LogP contribution in [0, 0.1) is 0 Å². The fourth-order valence-electron chi connectivity index (χ4n) is 2.50. The van der Waals surface area contributed by atoms with Gasteiger partial charge in [-0.25, -0.2) is 0 Å². The van der Waals surface area contributed by atoms with Crippen LogP contribution < -0.4 is 0 Å². The molecular formula is C19H23N3O2. The molecule has 0 saturated carbocycles. The number of carbonyl (C=O) groups excluding carboxylic acids is 2. The van der Waals surface area contributed by atoms with Crippen LogP contribution in [0.15, 0.2) is 48.7 Å². The van der Waals surface area contributed by atoms with Crippen LogP contribution in [0.5, 0.6) is 0 Å². The average Bonchev–Trinajstić information content (AvgIpc) is 2.63. The Kier molecular flexibility index (Phi) is 6.07. The van der Waals surface area contributed by atoms with E-state index in [1.807, 2.05) is 44.2 Å². The van der Waals surface area contributed by atoms with Crippen molar-refractivity contribution in [3.63, 3.8) is 0 Å². The van der Waals surface area contributed by atoms with E-state index < -0.39 is 0 Å². The second kappa shape index (κ2) is 8.24. The Morgan fingerprint density at radius 2 is 1.67 bits per heavy atom. The largest absolute Gasteiger partial charge is 0.339 e. The summed E-state index contributed by atoms with van der Waals surface area (Å²) in [6, 6.07) is 13.0. The zero-order chi connectivity index (χ0) is 17.5. The predicted molar refractivity (Wildman–Crippen MR) is 93.7 cm³/mol. The molecule has 0 saturated heterocycles. The molecule has 0 N–H and O–H groups in total. The normalized spacial score (nSPS) is 10.3. The quantitative estimate of drug-likeness (QED) is 0.820. The summed E-state index contributed by atoms with van der Waals surface area (Å²) in [5, 5.41) is 0. The standard InChI is InChI=1S/C19H23N3O2/c1-4-22(5-2)18(23)16-11-12-20-17(13-16)19(24)21(3)14-15-9-7-6-8-10-15/h6-13H,4-5,14H2,1-3H3. The summed E-state index contributed by atoms with van der Waals surface area (Å²) in [5.74, 6) is -0.282. The average molecular weight is 325 g/mol. The van der Waals surface area contributed by atoms with Gasteiger partial charge in [0.05, 0.1) is 0 Å². The van der Waals surface area contributed by atoms with Crippen molar-refractivity contribution in [2.75, 3.05) is 20.1 Å². The number of rotatable bonds is 6. The lowest BCUT2D eigenvalue weighted by atomic mass is 10.1. The highest BCUT2D eigenvalue weighted by atomic mass is 16.2. The molecule has 2 amide bonds. The van der Waals surface area contributed by atoms with Crippen molar-refractivity contribution in [1.82, 2.24) is 14.8 Å². The third kappa shape index (κ3) is 4.19. The first-order chi connectivity index (χ1) is 11.6. The van der Waals surface area contributed by atoms with E-state index in [1.165, 1.54) is 6.20 Å². The number of aromatic nitrogens is 1. The van der Waals surface area contributed by atoms with Gasteiger partial charge in [0.15, 0.2) is 0 Å². The van der Waals surface area contributed by atoms with Crippen LogP contribution in [0.2, 0.25) is 0 Å². The van der Waals surface area contributed by atoms with Crippen LogP contribution in [0.4, 0.5) is 0 Å². The molecule has 0 aliphatic heterocycles. The van der Waals surface area contributed by atoms with E-state index in [0.717, 1.165) is 5.56 Å². The molecule has 2 rings (SSSR count). The fourth-order valence-corrected chi connectivity index (χ4v) is 2.50. The zero-order valence-electron chi connectivity index (χ0n) is 14.4. The van der Waals surface area contributed by atoms with Crippen molar-refractivity contribution >= 4 is 11.8 Å². The second-order valence-corrected chi connectivity index (χ2v) is 5.55. The molecule has 0 spiro atoms. The molecule has 1 aromatic carbocycles. The van der Waals surface area contributed by atoms with Gasteiger partial charge in [0, 0.05) is 38.4 Å². The van der Waals surface area contributed by atoms with Crippen LogP contribution in [-0.4, -0.2) is 46.7 Å². The van der Waals surface area contributed by atoms with E-state index in [2.05, 4.69) is 4.98 Å². The van der Waals surface area contributed by atoms with Crippen LogP contribution in [0.25, 0.3) is 0 Å². The number of hydrogen-bond donors (Lipinski definition) is 0. The molecule has 0 unspecified atom stereocenters. The molecule has 1 heterocycles. The van der Waals surface area contributed by atoms with E-state index in [1.54, 1.807) is 29.0 Å². The molecule has 0 aliphatic rings. The fraction of sp³-hybridized carbons (Fsp3) is 0.316. The highest BCUT2D eigenvalue weighted by Crippen LogP contribution is 2.10. The van der Waals surface area contributed by atoms with Crippen LogP contribution in [0.3, 0.4) is 0 Å². The molecule has 0 aliphatic carbocycles. The lowest BCUT2D eigenvalue weighted by Gasteiger charge is -2.20. The Balaban J connectivity index is 2.15. The van der Waals surface area contributed by atoms with Gasteiger partial charge < -0.3 is 9.80 Å².